The molecule has 0 saturated heterocycles. The van der Waals surface area contributed by atoms with E-state index in [1.807, 2.05) is 42.5 Å². The Bertz CT molecular complexity index is 1020. The van der Waals surface area contributed by atoms with Crippen molar-refractivity contribution >= 4 is 33.4 Å². The van der Waals surface area contributed by atoms with Crippen LogP contribution in [0.3, 0.4) is 0 Å². The van der Waals surface area contributed by atoms with Gasteiger partial charge in [0.2, 0.25) is 10.4 Å². The Labute approximate surface area is 204 Å². The molecule has 34 heavy (non-hydrogen) atoms. The lowest BCUT2D eigenvalue weighted by atomic mass is 10.1. The van der Waals surface area contributed by atoms with Crippen molar-refractivity contribution in [3.63, 3.8) is 0 Å². The number of rotatable bonds is 7. The molecule has 0 aliphatic carbocycles. The summed E-state index contributed by atoms with van der Waals surface area (Å²) in [5.74, 6) is -0.0855. The van der Waals surface area contributed by atoms with Crippen molar-refractivity contribution in [2.24, 2.45) is 0 Å². The summed E-state index contributed by atoms with van der Waals surface area (Å²) in [6.07, 6.45) is 3.91. The minimum Gasteiger partial charge on any atom is -0.726 e. The molecule has 2 rings (SSSR count). The highest BCUT2D eigenvalue weighted by atomic mass is 32.3. The predicted octanol–water partition coefficient (Wildman–Crippen LogP) is 3.06. The molecule has 2 aromatic rings. The van der Waals surface area contributed by atoms with E-state index in [1.165, 1.54) is 4.90 Å². The summed E-state index contributed by atoms with van der Waals surface area (Å²) in [7, 11) is -3.47. The van der Waals surface area contributed by atoms with Crippen LogP contribution in [-0.2, 0) is 41.4 Å². The van der Waals surface area contributed by atoms with Gasteiger partial charge in [-0.15, -0.1) is 0 Å². The van der Waals surface area contributed by atoms with Gasteiger partial charge >= 0.3 is 12.1 Å². The van der Waals surface area contributed by atoms with Crippen LogP contribution in [-0.4, -0.2) is 56.3 Å². The molecule has 1 N–H and O–H groups in total. The first-order valence-electron chi connectivity index (χ1n) is 10.1. The third kappa shape index (κ3) is 12.6. The molecule has 0 radical (unpaired) electrons. The molecular formula is C23H31NO8S2. The van der Waals surface area contributed by atoms with E-state index in [-0.39, 0.29) is 10.9 Å². The SMILES string of the molecule is COS(=O)(=O)[O-].C[S+](C)c1ccc(OC(=O)[C@H](Cc2ccccc2)NC(=O)OC(C)(C)C)cc1. The van der Waals surface area contributed by atoms with Gasteiger partial charge in [0.1, 0.15) is 29.9 Å². The third-order valence-electron chi connectivity index (χ3n) is 3.98. The number of carbonyl (C=O) groups excluding carboxylic acids is 2. The zero-order chi connectivity index (χ0) is 25.9. The quantitative estimate of drug-likeness (QED) is 0.196. The van der Waals surface area contributed by atoms with Crippen LogP contribution in [0.2, 0.25) is 0 Å². The first kappa shape index (κ1) is 29.4. The summed E-state index contributed by atoms with van der Waals surface area (Å²) in [6, 6.07) is 16.0. The number of alkyl carbamates (subject to hydrolysis) is 1. The molecule has 1 atom stereocenters. The minimum atomic E-state index is -4.41. The van der Waals surface area contributed by atoms with Gasteiger partial charge in [-0.25, -0.2) is 18.0 Å². The van der Waals surface area contributed by atoms with Gasteiger partial charge in [0.05, 0.1) is 7.11 Å². The van der Waals surface area contributed by atoms with Gasteiger partial charge in [-0.1, -0.05) is 30.3 Å². The van der Waals surface area contributed by atoms with Crippen LogP contribution in [0.15, 0.2) is 59.5 Å². The highest BCUT2D eigenvalue weighted by molar-refractivity contribution is 7.95. The summed E-state index contributed by atoms with van der Waals surface area (Å²) < 4.78 is 41.8. The molecular weight excluding hydrogens is 482 g/mol. The van der Waals surface area contributed by atoms with Crippen LogP contribution in [0, 0.1) is 0 Å². The number of carbonyl (C=O) groups is 2. The highest BCUT2D eigenvalue weighted by Gasteiger charge is 2.26. The fraction of sp³-hybridized carbons (Fsp3) is 0.391. The van der Waals surface area contributed by atoms with Crippen molar-refractivity contribution in [3.05, 3.63) is 60.2 Å². The van der Waals surface area contributed by atoms with E-state index in [1.54, 1.807) is 32.9 Å². The maximum absolute atomic E-state index is 12.7. The highest BCUT2D eigenvalue weighted by Crippen LogP contribution is 2.17. The van der Waals surface area contributed by atoms with Crippen molar-refractivity contribution in [1.82, 2.24) is 5.32 Å². The summed E-state index contributed by atoms with van der Waals surface area (Å²) in [6.45, 7) is 5.32. The smallest absolute Gasteiger partial charge is 0.408 e. The number of hydrogen-bond acceptors (Lipinski definition) is 8. The zero-order valence-corrected chi connectivity index (χ0v) is 21.7. The Hall–Kier alpha value is -2.60. The second-order valence-electron chi connectivity index (χ2n) is 8.17. The van der Waals surface area contributed by atoms with Crippen molar-refractivity contribution in [2.45, 2.75) is 43.7 Å². The fourth-order valence-corrected chi connectivity index (χ4v) is 3.14. The Morgan fingerprint density at radius 3 is 2.00 bits per heavy atom. The number of amides is 1. The Morgan fingerprint density at radius 1 is 1.03 bits per heavy atom. The minimum absolute atomic E-state index is 0.133. The lowest BCUT2D eigenvalue weighted by molar-refractivity contribution is -0.136. The van der Waals surface area contributed by atoms with E-state index in [9.17, 15) is 22.6 Å². The first-order valence-corrected chi connectivity index (χ1v) is 13.5. The zero-order valence-electron chi connectivity index (χ0n) is 20.1. The molecule has 0 bridgehead atoms. The molecule has 1 amide bonds. The summed E-state index contributed by atoms with van der Waals surface area (Å²) >= 11 is 0. The summed E-state index contributed by atoms with van der Waals surface area (Å²) in [4.78, 5) is 26.1. The third-order valence-corrected chi connectivity index (χ3v) is 5.60. The van der Waals surface area contributed by atoms with Gasteiger partial charge in [-0.3, -0.25) is 4.18 Å². The molecule has 0 fully saturated rings. The molecule has 0 aromatic heterocycles. The number of hydrogen-bond donors (Lipinski definition) is 1. The molecule has 0 heterocycles. The maximum Gasteiger partial charge on any atom is 0.408 e. The lowest BCUT2D eigenvalue weighted by Gasteiger charge is -2.23. The molecule has 0 aliphatic heterocycles. The monoisotopic (exact) mass is 513 g/mol. The summed E-state index contributed by atoms with van der Waals surface area (Å²) in [5.41, 5.74) is 0.260. The van der Waals surface area contributed by atoms with Crippen LogP contribution in [0.4, 0.5) is 4.79 Å². The van der Waals surface area contributed by atoms with Crippen LogP contribution in [0.25, 0.3) is 0 Å². The average Bonchev–Trinajstić information content (AvgIpc) is 2.73. The number of esters is 1. The van der Waals surface area contributed by atoms with Gasteiger partial charge in [0.25, 0.3) is 0 Å². The molecule has 9 nitrogen and oxygen atoms in total. The van der Waals surface area contributed by atoms with Gasteiger partial charge in [-0.05, 0) is 50.6 Å². The van der Waals surface area contributed by atoms with E-state index in [4.69, 9.17) is 9.47 Å². The van der Waals surface area contributed by atoms with E-state index in [2.05, 4.69) is 22.0 Å². The lowest BCUT2D eigenvalue weighted by Crippen LogP contribution is -2.46. The van der Waals surface area contributed by atoms with E-state index < -0.39 is 34.1 Å². The molecule has 11 heteroatoms. The second kappa shape index (κ2) is 13.3. The Balaban J connectivity index is 0.000000852. The Morgan fingerprint density at radius 2 is 1.56 bits per heavy atom. The van der Waals surface area contributed by atoms with Crippen molar-refractivity contribution in [2.75, 3.05) is 19.6 Å². The van der Waals surface area contributed by atoms with E-state index in [0.717, 1.165) is 12.7 Å². The van der Waals surface area contributed by atoms with Crippen molar-refractivity contribution in [3.8, 4) is 5.75 Å². The van der Waals surface area contributed by atoms with Crippen LogP contribution in [0.5, 0.6) is 5.75 Å². The first-order chi connectivity index (χ1) is 15.7. The number of nitrogens with one attached hydrogen (secondary N) is 1. The molecule has 0 spiro atoms. The van der Waals surface area contributed by atoms with Gasteiger partial charge in [0.15, 0.2) is 4.90 Å². The Kier molecular flexibility index (Phi) is 11.5. The number of ether oxygens (including phenoxy) is 2. The predicted molar refractivity (Wildman–Crippen MR) is 130 cm³/mol. The molecule has 0 aliphatic rings. The van der Waals surface area contributed by atoms with Gasteiger partial charge in [0, 0.05) is 17.3 Å². The molecule has 0 unspecified atom stereocenters. The molecule has 0 saturated carbocycles. The van der Waals surface area contributed by atoms with Gasteiger partial charge < -0.3 is 19.3 Å². The maximum atomic E-state index is 12.7. The normalized spacial score (nSPS) is 12.2. The van der Waals surface area contributed by atoms with Crippen molar-refractivity contribution < 1.29 is 36.2 Å². The fourth-order valence-electron chi connectivity index (χ4n) is 2.46. The molecule has 2 aromatic carbocycles. The van der Waals surface area contributed by atoms with Crippen LogP contribution >= 0.6 is 0 Å². The van der Waals surface area contributed by atoms with Gasteiger partial charge in [-0.2, -0.15) is 0 Å². The summed E-state index contributed by atoms with van der Waals surface area (Å²) in [5, 5.41) is 2.64. The topological polar surface area (TPSA) is 131 Å². The van der Waals surface area contributed by atoms with Crippen molar-refractivity contribution in [1.29, 1.82) is 0 Å². The standard InChI is InChI=1S/C22H27NO4S.CH4O4S/c1-22(2,3)27-21(25)23-19(15-16-9-7-6-8-10-16)20(24)26-17-11-13-18(14-12-17)28(4)5;1-5-6(2,3)4/h6-14,19H,15H2,1-5H3;1H3,(H,2,3,4)/t19-;/m0./s1. The molecule has 188 valence electrons. The average molecular weight is 514 g/mol. The van der Waals surface area contributed by atoms with Crippen LogP contribution < -0.4 is 10.1 Å². The largest absolute Gasteiger partial charge is 0.726 e. The van der Waals surface area contributed by atoms with E-state index >= 15 is 0 Å². The second-order valence-corrected chi connectivity index (χ2v) is 11.4. The number of benzene rings is 2. The van der Waals surface area contributed by atoms with Crippen LogP contribution in [0.1, 0.15) is 26.3 Å². The van der Waals surface area contributed by atoms with E-state index in [0.29, 0.717) is 12.2 Å².